The van der Waals surface area contributed by atoms with Gasteiger partial charge in [-0.3, -0.25) is 9.89 Å². The van der Waals surface area contributed by atoms with Crippen molar-refractivity contribution in [1.29, 1.82) is 0 Å². The minimum absolute atomic E-state index is 0.00684. The first kappa shape index (κ1) is 14.6. The molecule has 1 amide bonds. The molecule has 1 fully saturated rings. The molecule has 1 aromatic heterocycles. The summed E-state index contributed by atoms with van der Waals surface area (Å²) in [5.74, 6) is -2.07. The first-order valence-electron chi connectivity index (χ1n) is 6.84. The van der Waals surface area contributed by atoms with E-state index in [-0.39, 0.29) is 17.3 Å². The van der Waals surface area contributed by atoms with E-state index in [9.17, 15) is 18.7 Å². The number of aliphatic hydroxyl groups is 1. The second-order valence-electron chi connectivity index (χ2n) is 5.34. The zero-order valence-electron chi connectivity index (χ0n) is 11.5. The number of hydrogen-bond acceptors (Lipinski definition) is 4. The molecule has 116 valence electrons. The van der Waals surface area contributed by atoms with Crippen molar-refractivity contribution in [2.24, 2.45) is 5.92 Å². The zero-order valence-corrected chi connectivity index (χ0v) is 11.5. The zero-order chi connectivity index (χ0) is 15.7. The van der Waals surface area contributed by atoms with Crippen LogP contribution in [0.2, 0.25) is 0 Å². The molecular formula is C14H14F2N4O2. The van der Waals surface area contributed by atoms with Gasteiger partial charge in [-0.1, -0.05) is 6.07 Å². The Morgan fingerprint density at radius 1 is 1.41 bits per heavy atom. The van der Waals surface area contributed by atoms with Crippen LogP contribution in [0.5, 0.6) is 0 Å². The number of benzene rings is 1. The van der Waals surface area contributed by atoms with Crippen LogP contribution in [0, 0.1) is 17.6 Å². The van der Waals surface area contributed by atoms with Crippen LogP contribution in [-0.2, 0) is 0 Å². The first-order valence-corrected chi connectivity index (χ1v) is 6.84. The number of nitrogens with one attached hydrogen (secondary N) is 2. The molecule has 1 aromatic carbocycles. The molecule has 0 bridgehead atoms. The fraction of sp³-hybridized carbons (Fsp3) is 0.357. The van der Waals surface area contributed by atoms with E-state index in [4.69, 9.17) is 0 Å². The largest absolute Gasteiger partial charge is 0.393 e. The fourth-order valence-electron chi connectivity index (χ4n) is 2.63. The molecule has 1 saturated carbocycles. The molecule has 22 heavy (non-hydrogen) atoms. The number of nitrogens with zero attached hydrogens (tertiary/aromatic N) is 2. The number of hydrogen-bond donors (Lipinski definition) is 3. The predicted octanol–water partition coefficient (Wildman–Crippen LogP) is 1.32. The number of halogens is 2. The van der Waals surface area contributed by atoms with Crippen molar-refractivity contribution in [3.8, 4) is 0 Å². The summed E-state index contributed by atoms with van der Waals surface area (Å²) in [6, 6.07) is 2.56. The Balaban J connectivity index is 1.85. The number of carbonyl (C=O) groups is 1. The van der Waals surface area contributed by atoms with Crippen molar-refractivity contribution in [3.05, 3.63) is 47.5 Å². The van der Waals surface area contributed by atoms with E-state index in [0.717, 1.165) is 12.1 Å². The summed E-state index contributed by atoms with van der Waals surface area (Å²) in [5, 5.41) is 18.1. The third kappa shape index (κ3) is 2.82. The van der Waals surface area contributed by atoms with E-state index < -0.39 is 29.7 Å². The predicted molar refractivity (Wildman–Crippen MR) is 71.7 cm³/mol. The third-order valence-corrected chi connectivity index (χ3v) is 3.84. The summed E-state index contributed by atoms with van der Waals surface area (Å²) in [5.41, 5.74) is 0.186. The Morgan fingerprint density at radius 3 is 2.77 bits per heavy atom. The van der Waals surface area contributed by atoms with Gasteiger partial charge in [0.05, 0.1) is 12.1 Å². The lowest BCUT2D eigenvalue weighted by atomic mass is 9.75. The number of rotatable bonds is 4. The number of amides is 1. The van der Waals surface area contributed by atoms with Gasteiger partial charge in [-0.2, -0.15) is 5.10 Å². The average molecular weight is 308 g/mol. The van der Waals surface area contributed by atoms with E-state index in [0.29, 0.717) is 12.8 Å². The lowest BCUT2D eigenvalue weighted by Crippen LogP contribution is -2.42. The van der Waals surface area contributed by atoms with Crippen molar-refractivity contribution < 1.29 is 18.7 Å². The van der Waals surface area contributed by atoms with E-state index in [1.54, 1.807) is 0 Å². The molecule has 1 heterocycles. The lowest BCUT2D eigenvalue weighted by Gasteiger charge is -2.38. The average Bonchev–Trinajstić information content (AvgIpc) is 2.96. The maximum absolute atomic E-state index is 14.0. The molecule has 0 radical (unpaired) electrons. The summed E-state index contributed by atoms with van der Waals surface area (Å²) >= 11 is 0. The second-order valence-corrected chi connectivity index (χ2v) is 5.34. The van der Waals surface area contributed by atoms with Crippen molar-refractivity contribution in [2.75, 3.05) is 0 Å². The molecule has 1 atom stereocenters. The van der Waals surface area contributed by atoms with E-state index in [1.165, 1.54) is 12.4 Å². The number of H-pyrrole nitrogens is 1. The van der Waals surface area contributed by atoms with Gasteiger partial charge in [0.25, 0.3) is 5.91 Å². The Kier molecular flexibility index (Phi) is 3.84. The van der Waals surface area contributed by atoms with Crippen molar-refractivity contribution in [3.63, 3.8) is 0 Å². The maximum atomic E-state index is 14.0. The summed E-state index contributed by atoms with van der Waals surface area (Å²) in [4.78, 5) is 15.8. The van der Waals surface area contributed by atoms with Crippen molar-refractivity contribution in [1.82, 2.24) is 20.5 Å². The van der Waals surface area contributed by atoms with Gasteiger partial charge in [0, 0.05) is 11.6 Å². The summed E-state index contributed by atoms with van der Waals surface area (Å²) in [7, 11) is 0. The van der Waals surface area contributed by atoms with E-state index in [1.807, 2.05) is 0 Å². The number of aliphatic hydroxyl groups excluding tert-OH is 1. The van der Waals surface area contributed by atoms with Crippen LogP contribution in [0.15, 0.2) is 24.5 Å². The maximum Gasteiger partial charge on any atom is 0.289 e. The van der Waals surface area contributed by atoms with Crippen LogP contribution in [0.1, 0.15) is 35.1 Å². The number of aromatic nitrogens is 3. The number of aromatic amines is 1. The normalized spacial score (nSPS) is 22.0. The standard InChI is InChI=1S/C14H14F2N4O2/c15-8-1-2-10(11(16)5-8)12(7-3-9(21)4-7)19-14(22)13-17-6-18-20-13/h1-2,5-7,9,12,21H,3-4H2,(H,19,22)(H,17,18,20)/t7?,9?,12-/m0/s1. The Bertz CT molecular complexity index is 671. The van der Waals surface area contributed by atoms with Gasteiger partial charge in [0.15, 0.2) is 0 Å². The lowest BCUT2D eigenvalue weighted by molar-refractivity contribution is 0.0228. The second kappa shape index (κ2) is 5.80. The molecule has 0 unspecified atom stereocenters. The minimum atomic E-state index is -0.732. The molecule has 8 heteroatoms. The van der Waals surface area contributed by atoms with Crippen LogP contribution >= 0.6 is 0 Å². The molecule has 1 aliphatic carbocycles. The Labute approximate surface area is 124 Å². The Morgan fingerprint density at radius 2 is 2.18 bits per heavy atom. The highest BCUT2D eigenvalue weighted by atomic mass is 19.1. The summed E-state index contributed by atoms with van der Waals surface area (Å²) in [6.07, 6.45) is 1.62. The van der Waals surface area contributed by atoms with Gasteiger partial charge in [-0.15, -0.1) is 0 Å². The summed E-state index contributed by atoms with van der Waals surface area (Å²) in [6.45, 7) is 0. The topological polar surface area (TPSA) is 90.9 Å². The van der Waals surface area contributed by atoms with Crippen LogP contribution in [-0.4, -0.2) is 32.3 Å². The molecule has 1 aliphatic rings. The quantitative estimate of drug-likeness (QED) is 0.794. The molecule has 0 aliphatic heterocycles. The van der Waals surface area contributed by atoms with Gasteiger partial charge in [0.2, 0.25) is 5.82 Å². The minimum Gasteiger partial charge on any atom is -0.393 e. The van der Waals surface area contributed by atoms with Crippen molar-refractivity contribution in [2.45, 2.75) is 25.0 Å². The van der Waals surface area contributed by atoms with Gasteiger partial charge in [0.1, 0.15) is 18.0 Å². The highest BCUT2D eigenvalue weighted by Crippen LogP contribution is 2.39. The van der Waals surface area contributed by atoms with Crippen molar-refractivity contribution >= 4 is 5.91 Å². The highest BCUT2D eigenvalue weighted by Gasteiger charge is 2.37. The van der Waals surface area contributed by atoms with Gasteiger partial charge in [-0.25, -0.2) is 13.8 Å². The molecule has 2 aromatic rings. The highest BCUT2D eigenvalue weighted by molar-refractivity contribution is 5.90. The first-order chi connectivity index (χ1) is 10.5. The van der Waals surface area contributed by atoms with Crippen LogP contribution in [0.3, 0.4) is 0 Å². The Hall–Kier alpha value is -2.35. The third-order valence-electron chi connectivity index (χ3n) is 3.84. The monoisotopic (exact) mass is 308 g/mol. The van der Waals surface area contributed by atoms with E-state index in [2.05, 4.69) is 20.5 Å². The molecule has 3 rings (SSSR count). The van der Waals surface area contributed by atoms with Crippen LogP contribution < -0.4 is 5.32 Å². The molecule has 3 N–H and O–H groups in total. The van der Waals surface area contributed by atoms with Gasteiger partial charge >= 0.3 is 0 Å². The van der Waals surface area contributed by atoms with Crippen LogP contribution in [0.4, 0.5) is 8.78 Å². The molecular weight excluding hydrogens is 294 g/mol. The van der Waals surface area contributed by atoms with Gasteiger partial charge < -0.3 is 10.4 Å². The SMILES string of the molecule is O=C(N[C@H](c1ccc(F)cc1F)C1CC(O)C1)c1ncn[nH]1. The van der Waals surface area contributed by atoms with Gasteiger partial charge in [-0.05, 0) is 24.8 Å². The molecule has 6 nitrogen and oxygen atoms in total. The van der Waals surface area contributed by atoms with E-state index >= 15 is 0 Å². The smallest absolute Gasteiger partial charge is 0.289 e. The van der Waals surface area contributed by atoms with Crippen LogP contribution in [0.25, 0.3) is 0 Å². The fourth-order valence-corrected chi connectivity index (χ4v) is 2.63. The number of carbonyl (C=O) groups excluding carboxylic acids is 1. The molecule has 0 saturated heterocycles. The molecule has 0 spiro atoms. The summed E-state index contributed by atoms with van der Waals surface area (Å²) < 4.78 is 27.1.